The van der Waals surface area contributed by atoms with Gasteiger partial charge in [-0.3, -0.25) is 10.1 Å². The molecule has 1 aromatic heterocycles. The lowest BCUT2D eigenvalue weighted by molar-refractivity contribution is -0.384. The van der Waals surface area contributed by atoms with E-state index in [2.05, 4.69) is 4.98 Å². The van der Waals surface area contributed by atoms with Gasteiger partial charge in [0.2, 0.25) is 0 Å². The lowest BCUT2D eigenvalue weighted by Crippen LogP contribution is -2.24. The maximum Gasteiger partial charge on any atom is 0.355 e. The van der Waals surface area contributed by atoms with Crippen LogP contribution in [-0.4, -0.2) is 21.5 Å². The van der Waals surface area contributed by atoms with Crippen molar-refractivity contribution in [2.24, 2.45) is 0 Å². The number of H-pyrrole nitrogens is 1. The fourth-order valence-electron chi connectivity index (χ4n) is 0.939. The van der Waals surface area contributed by atoms with Gasteiger partial charge in [0.25, 0.3) is 5.69 Å². The van der Waals surface area contributed by atoms with E-state index < -0.39 is 16.5 Å². The van der Waals surface area contributed by atoms with E-state index in [4.69, 9.17) is 4.74 Å². The van der Waals surface area contributed by atoms with E-state index in [-0.39, 0.29) is 11.4 Å². The third kappa shape index (κ3) is 3.08. The Labute approximate surface area is 86.4 Å². The molecule has 1 heterocycles. The molecule has 0 bridgehead atoms. The van der Waals surface area contributed by atoms with Crippen LogP contribution in [0.15, 0.2) is 12.3 Å². The summed E-state index contributed by atoms with van der Waals surface area (Å²) in [4.78, 5) is 23.7. The SMILES string of the molecule is CC(C)(C)OC(=O)c1cc([N+](=O)[O-])c[nH]1. The van der Waals surface area contributed by atoms with E-state index in [1.807, 2.05) is 0 Å². The van der Waals surface area contributed by atoms with Crippen molar-refractivity contribution in [1.82, 2.24) is 4.98 Å². The molecule has 0 aliphatic heterocycles. The quantitative estimate of drug-likeness (QED) is 0.460. The summed E-state index contributed by atoms with van der Waals surface area (Å²) in [7, 11) is 0. The Morgan fingerprint density at radius 2 is 2.13 bits per heavy atom. The molecule has 6 heteroatoms. The van der Waals surface area contributed by atoms with Gasteiger partial charge in [-0.15, -0.1) is 0 Å². The van der Waals surface area contributed by atoms with Gasteiger partial charge in [0, 0.05) is 6.07 Å². The minimum absolute atomic E-state index is 0.0802. The predicted molar refractivity (Wildman–Crippen MR) is 52.6 cm³/mol. The number of ether oxygens (including phenoxy) is 1. The molecule has 0 saturated heterocycles. The maximum atomic E-state index is 11.4. The zero-order valence-electron chi connectivity index (χ0n) is 8.73. The normalized spacial score (nSPS) is 11.1. The first-order chi connectivity index (χ1) is 6.79. The summed E-state index contributed by atoms with van der Waals surface area (Å²) in [5.74, 6) is -0.601. The van der Waals surface area contributed by atoms with Gasteiger partial charge < -0.3 is 9.72 Å². The summed E-state index contributed by atoms with van der Waals surface area (Å²) in [5.41, 5.74) is -0.691. The van der Waals surface area contributed by atoms with Crippen molar-refractivity contribution < 1.29 is 14.5 Å². The summed E-state index contributed by atoms with van der Waals surface area (Å²) in [5, 5.41) is 10.4. The molecular formula is C9H12N2O4. The van der Waals surface area contributed by atoms with Crippen LogP contribution in [0.5, 0.6) is 0 Å². The van der Waals surface area contributed by atoms with Crippen LogP contribution in [0, 0.1) is 10.1 Å². The van der Waals surface area contributed by atoms with E-state index in [1.165, 1.54) is 0 Å². The minimum Gasteiger partial charge on any atom is -0.455 e. The standard InChI is InChI=1S/C9H12N2O4/c1-9(2,3)15-8(12)7-4-6(5-10-7)11(13)14/h4-5,10H,1-3H3. The van der Waals surface area contributed by atoms with Gasteiger partial charge in [-0.2, -0.15) is 0 Å². The summed E-state index contributed by atoms with van der Waals surface area (Å²) in [6.45, 7) is 5.17. The summed E-state index contributed by atoms with van der Waals surface area (Å²) in [6, 6.07) is 1.15. The van der Waals surface area contributed by atoms with Crippen LogP contribution in [0.3, 0.4) is 0 Å². The van der Waals surface area contributed by atoms with Crippen molar-refractivity contribution in [2.45, 2.75) is 26.4 Å². The highest BCUT2D eigenvalue weighted by Gasteiger charge is 2.21. The maximum absolute atomic E-state index is 11.4. The number of aromatic nitrogens is 1. The van der Waals surface area contributed by atoms with Crippen LogP contribution in [0.25, 0.3) is 0 Å². The number of nitrogens with one attached hydrogen (secondary N) is 1. The highest BCUT2D eigenvalue weighted by molar-refractivity contribution is 5.88. The number of hydrogen-bond acceptors (Lipinski definition) is 4. The van der Waals surface area contributed by atoms with Crippen molar-refractivity contribution in [3.8, 4) is 0 Å². The third-order valence-electron chi connectivity index (χ3n) is 1.50. The molecule has 82 valence electrons. The number of esters is 1. The number of carbonyl (C=O) groups is 1. The average molecular weight is 212 g/mol. The highest BCUT2D eigenvalue weighted by atomic mass is 16.6. The minimum atomic E-state index is -0.614. The zero-order chi connectivity index (χ0) is 11.6. The van der Waals surface area contributed by atoms with Crippen molar-refractivity contribution >= 4 is 11.7 Å². The van der Waals surface area contributed by atoms with Crippen LogP contribution < -0.4 is 0 Å². The van der Waals surface area contributed by atoms with E-state index in [9.17, 15) is 14.9 Å². The first-order valence-corrected chi connectivity index (χ1v) is 4.36. The van der Waals surface area contributed by atoms with Crippen molar-refractivity contribution in [2.75, 3.05) is 0 Å². The molecule has 0 amide bonds. The molecule has 1 aromatic rings. The Bertz CT molecular complexity index is 389. The third-order valence-corrected chi connectivity index (χ3v) is 1.50. The fourth-order valence-corrected chi connectivity index (χ4v) is 0.939. The molecule has 0 fully saturated rings. The second kappa shape index (κ2) is 3.72. The van der Waals surface area contributed by atoms with Crippen LogP contribution in [0.1, 0.15) is 31.3 Å². The van der Waals surface area contributed by atoms with Crippen LogP contribution >= 0.6 is 0 Å². The van der Waals surface area contributed by atoms with Gasteiger partial charge in [0.15, 0.2) is 0 Å². The number of nitro groups is 1. The Hall–Kier alpha value is -1.85. The summed E-state index contributed by atoms with van der Waals surface area (Å²) in [6.07, 6.45) is 1.15. The Kier molecular flexibility index (Phi) is 2.78. The van der Waals surface area contributed by atoms with E-state index in [1.54, 1.807) is 20.8 Å². The molecule has 0 unspecified atom stereocenters. The summed E-state index contributed by atoms with van der Waals surface area (Å²) < 4.78 is 5.02. The molecule has 0 radical (unpaired) electrons. The monoisotopic (exact) mass is 212 g/mol. The van der Waals surface area contributed by atoms with Gasteiger partial charge in [-0.25, -0.2) is 4.79 Å². The first kappa shape index (κ1) is 11.2. The van der Waals surface area contributed by atoms with Crippen molar-refractivity contribution in [3.05, 3.63) is 28.1 Å². The number of aromatic amines is 1. The predicted octanol–water partition coefficient (Wildman–Crippen LogP) is 1.88. The molecule has 6 nitrogen and oxygen atoms in total. The topological polar surface area (TPSA) is 85.2 Å². The fraction of sp³-hybridized carbons (Fsp3) is 0.444. The smallest absolute Gasteiger partial charge is 0.355 e. The number of carbonyl (C=O) groups excluding carboxylic acids is 1. The molecule has 0 saturated carbocycles. The van der Waals surface area contributed by atoms with Crippen LogP contribution in [-0.2, 0) is 4.74 Å². The summed E-state index contributed by atoms with van der Waals surface area (Å²) >= 11 is 0. The zero-order valence-corrected chi connectivity index (χ0v) is 8.73. The average Bonchev–Trinajstić information content (AvgIpc) is 2.47. The van der Waals surface area contributed by atoms with Crippen LogP contribution in [0.2, 0.25) is 0 Å². The number of rotatable bonds is 2. The lowest BCUT2D eigenvalue weighted by atomic mass is 10.2. The molecule has 0 aromatic carbocycles. The van der Waals surface area contributed by atoms with E-state index >= 15 is 0 Å². The van der Waals surface area contributed by atoms with E-state index in [0.29, 0.717) is 0 Å². The van der Waals surface area contributed by atoms with E-state index in [0.717, 1.165) is 12.3 Å². The van der Waals surface area contributed by atoms with Gasteiger partial charge in [0.1, 0.15) is 11.3 Å². The molecule has 15 heavy (non-hydrogen) atoms. The number of hydrogen-bond donors (Lipinski definition) is 1. The molecule has 1 N–H and O–H groups in total. The molecule has 0 aliphatic carbocycles. The molecule has 0 atom stereocenters. The molecule has 1 rings (SSSR count). The highest BCUT2D eigenvalue weighted by Crippen LogP contribution is 2.16. The second-order valence-corrected chi connectivity index (χ2v) is 4.03. The first-order valence-electron chi connectivity index (χ1n) is 4.36. The lowest BCUT2D eigenvalue weighted by Gasteiger charge is -2.18. The molecule has 0 spiro atoms. The Morgan fingerprint density at radius 3 is 2.53 bits per heavy atom. The molecular weight excluding hydrogens is 200 g/mol. The Balaban J connectivity index is 2.79. The van der Waals surface area contributed by atoms with Crippen molar-refractivity contribution in [1.29, 1.82) is 0 Å². The number of nitrogens with zero attached hydrogens (tertiary/aromatic N) is 1. The second-order valence-electron chi connectivity index (χ2n) is 4.03. The van der Waals surface area contributed by atoms with Gasteiger partial charge in [-0.1, -0.05) is 0 Å². The van der Waals surface area contributed by atoms with Gasteiger partial charge >= 0.3 is 5.97 Å². The van der Waals surface area contributed by atoms with Gasteiger partial charge in [0.05, 0.1) is 11.1 Å². The van der Waals surface area contributed by atoms with Crippen LogP contribution in [0.4, 0.5) is 5.69 Å². The van der Waals surface area contributed by atoms with Crippen molar-refractivity contribution in [3.63, 3.8) is 0 Å². The largest absolute Gasteiger partial charge is 0.455 e. The Morgan fingerprint density at radius 1 is 1.53 bits per heavy atom. The molecule has 0 aliphatic rings. The van der Waals surface area contributed by atoms with Gasteiger partial charge in [-0.05, 0) is 20.8 Å².